The molecule has 2 aromatic carbocycles. The van der Waals surface area contributed by atoms with Crippen molar-refractivity contribution < 1.29 is 14.7 Å². The maximum atomic E-state index is 10.8. The minimum absolute atomic E-state index is 0.0243. The van der Waals surface area contributed by atoms with Crippen LogP contribution in [0.25, 0.3) is 0 Å². The third-order valence-corrected chi connectivity index (χ3v) is 2.91. The van der Waals surface area contributed by atoms with Gasteiger partial charge in [-0.1, -0.05) is 54.6 Å². The van der Waals surface area contributed by atoms with Crippen molar-refractivity contribution in [3.63, 3.8) is 0 Å². The molecule has 2 aromatic rings. The number of benzene rings is 2. The first-order chi connectivity index (χ1) is 9.75. The third kappa shape index (κ3) is 4.50. The minimum Gasteiger partial charge on any atom is -0.481 e. The summed E-state index contributed by atoms with van der Waals surface area (Å²) in [5, 5.41) is 8.86. The quantitative estimate of drug-likeness (QED) is 0.600. The van der Waals surface area contributed by atoms with Crippen molar-refractivity contribution in [1.29, 1.82) is 0 Å². The summed E-state index contributed by atoms with van der Waals surface area (Å²) in [4.78, 5) is 16.2. The van der Waals surface area contributed by atoms with E-state index < -0.39 is 5.97 Å². The summed E-state index contributed by atoms with van der Waals surface area (Å²) < 4.78 is 0. The SMILES string of the molecule is O=C(O)Cc1ccccc1CNOCc1ccccc1. The molecule has 0 bridgehead atoms. The van der Waals surface area contributed by atoms with Gasteiger partial charge in [-0.25, -0.2) is 0 Å². The summed E-state index contributed by atoms with van der Waals surface area (Å²) in [6.45, 7) is 0.957. The van der Waals surface area contributed by atoms with Crippen LogP contribution < -0.4 is 5.48 Å². The van der Waals surface area contributed by atoms with Crippen LogP contribution in [0.15, 0.2) is 54.6 Å². The van der Waals surface area contributed by atoms with E-state index in [2.05, 4.69) is 5.48 Å². The lowest BCUT2D eigenvalue weighted by Gasteiger charge is -2.09. The van der Waals surface area contributed by atoms with Crippen LogP contribution >= 0.6 is 0 Å². The van der Waals surface area contributed by atoms with Gasteiger partial charge in [0.05, 0.1) is 13.0 Å². The number of nitrogens with one attached hydrogen (secondary N) is 1. The number of hydroxylamine groups is 1. The van der Waals surface area contributed by atoms with E-state index in [1.165, 1.54) is 0 Å². The van der Waals surface area contributed by atoms with E-state index in [0.29, 0.717) is 13.2 Å². The average molecular weight is 271 g/mol. The number of carbonyl (C=O) groups is 1. The Morgan fingerprint density at radius 3 is 2.35 bits per heavy atom. The molecule has 0 heterocycles. The Balaban J connectivity index is 1.83. The summed E-state index contributed by atoms with van der Waals surface area (Å²) >= 11 is 0. The van der Waals surface area contributed by atoms with Gasteiger partial charge in [0.2, 0.25) is 0 Å². The topological polar surface area (TPSA) is 58.6 Å². The van der Waals surface area contributed by atoms with Gasteiger partial charge >= 0.3 is 5.97 Å². The molecule has 4 nitrogen and oxygen atoms in total. The van der Waals surface area contributed by atoms with Crippen LogP contribution in [0.1, 0.15) is 16.7 Å². The monoisotopic (exact) mass is 271 g/mol. The molecule has 0 radical (unpaired) electrons. The van der Waals surface area contributed by atoms with Crippen LogP contribution in [-0.4, -0.2) is 11.1 Å². The Bertz CT molecular complexity index is 555. The molecule has 20 heavy (non-hydrogen) atoms. The van der Waals surface area contributed by atoms with Crippen molar-refractivity contribution >= 4 is 5.97 Å². The Morgan fingerprint density at radius 2 is 1.65 bits per heavy atom. The smallest absolute Gasteiger partial charge is 0.307 e. The molecule has 0 saturated carbocycles. The number of aliphatic carboxylic acids is 1. The standard InChI is InChI=1S/C16H17NO3/c18-16(19)10-14-8-4-5-9-15(14)11-17-20-12-13-6-2-1-3-7-13/h1-9,17H,10-12H2,(H,18,19). The Hall–Kier alpha value is -2.17. The number of carboxylic acid groups (broad SMARTS) is 1. The number of hydrogen-bond acceptors (Lipinski definition) is 3. The molecule has 0 amide bonds. The Labute approximate surface area is 118 Å². The van der Waals surface area contributed by atoms with Crippen molar-refractivity contribution in [2.75, 3.05) is 0 Å². The van der Waals surface area contributed by atoms with Gasteiger partial charge in [-0.2, -0.15) is 5.48 Å². The molecule has 0 aliphatic carbocycles. The molecular weight excluding hydrogens is 254 g/mol. The number of carboxylic acids is 1. The molecule has 2 rings (SSSR count). The molecule has 0 fully saturated rings. The van der Waals surface area contributed by atoms with Gasteiger partial charge in [-0.3, -0.25) is 9.63 Å². The van der Waals surface area contributed by atoms with Gasteiger partial charge in [0.25, 0.3) is 0 Å². The van der Waals surface area contributed by atoms with Crippen LogP contribution in [0.3, 0.4) is 0 Å². The fourth-order valence-corrected chi connectivity index (χ4v) is 1.90. The van der Waals surface area contributed by atoms with Crippen LogP contribution in [0.5, 0.6) is 0 Å². The number of rotatable bonds is 7. The predicted octanol–water partition coefficient (Wildman–Crippen LogP) is 2.54. The predicted molar refractivity (Wildman–Crippen MR) is 75.9 cm³/mol. The average Bonchev–Trinajstić information content (AvgIpc) is 2.46. The molecule has 2 N–H and O–H groups in total. The van der Waals surface area contributed by atoms with Gasteiger partial charge < -0.3 is 5.11 Å². The maximum absolute atomic E-state index is 10.8. The van der Waals surface area contributed by atoms with Gasteiger partial charge in [0, 0.05) is 6.54 Å². The fraction of sp³-hybridized carbons (Fsp3) is 0.188. The second-order valence-corrected chi connectivity index (χ2v) is 4.43. The van der Waals surface area contributed by atoms with Gasteiger partial charge in [-0.15, -0.1) is 0 Å². The van der Waals surface area contributed by atoms with E-state index >= 15 is 0 Å². The highest BCUT2D eigenvalue weighted by atomic mass is 16.6. The van der Waals surface area contributed by atoms with E-state index in [-0.39, 0.29) is 6.42 Å². The van der Waals surface area contributed by atoms with Crippen LogP contribution in [-0.2, 0) is 29.2 Å². The lowest BCUT2D eigenvalue weighted by atomic mass is 10.1. The number of hydrogen-bond donors (Lipinski definition) is 2. The molecule has 0 saturated heterocycles. The Morgan fingerprint density at radius 1 is 1.00 bits per heavy atom. The van der Waals surface area contributed by atoms with E-state index in [0.717, 1.165) is 16.7 Å². The van der Waals surface area contributed by atoms with Crippen LogP contribution in [0.2, 0.25) is 0 Å². The molecule has 0 spiro atoms. The van der Waals surface area contributed by atoms with Crippen molar-refractivity contribution in [3.05, 3.63) is 71.3 Å². The second-order valence-electron chi connectivity index (χ2n) is 4.43. The molecule has 0 aromatic heterocycles. The molecule has 0 aliphatic heterocycles. The zero-order valence-electron chi connectivity index (χ0n) is 11.1. The highest BCUT2D eigenvalue weighted by molar-refractivity contribution is 5.70. The summed E-state index contributed by atoms with van der Waals surface area (Å²) in [5.41, 5.74) is 5.69. The zero-order chi connectivity index (χ0) is 14.2. The van der Waals surface area contributed by atoms with Gasteiger partial charge in [0.15, 0.2) is 0 Å². The first kappa shape index (κ1) is 14.2. The lowest BCUT2D eigenvalue weighted by Crippen LogP contribution is -2.16. The molecular formula is C16H17NO3. The second kappa shape index (κ2) is 7.43. The van der Waals surface area contributed by atoms with E-state index in [9.17, 15) is 4.79 Å². The van der Waals surface area contributed by atoms with Gasteiger partial charge in [-0.05, 0) is 16.7 Å². The summed E-state index contributed by atoms with van der Waals surface area (Å²) in [5.74, 6) is -0.831. The van der Waals surface area contributed by atoms with Gasteiger partial charge in [0.1, 0.15) is 0 Å². The largest absolute Gasteiger partial charge is 0.481 e. The Kier molecular flexibility index (Phi) is 5.29. The highest BCUT2D eigenvalue weighted by Crippen LogP contribution is 2.09. The molecule has 0 atom stereocenters. The molecule has 104 valence electrons. The molecule has 0 aliphatic rings. The lowest BCUT2D eigenvalue weighted by molar-refractivity contribution is -0.136. The fourth-order valence-electron chi connectivity index (χ4n) is 1.90. The zero-order valence-corrected chi connectivity index (χ0v) is 11.1. The normalized spacial score (nSPS) is 10.4. The van der Waals surface area contributed by atoms with Crippen molar-refractivity contribution in [1.82, 2.24) is 5.48 Å². The minimum atomic E-state index is -0.831. The maximum Gasteiger partial charge on any atom is 0.307 e. The van der Waals surface area contributed by atoms with Crippen molar-refractivity contribution in [2.45, 2.75) is 19.6 Å². The third-order valence-electron chi connectivity index (χ3n) is 2.91. The molecule has 4 heteroatoms. The van der Waals surface area contributed by atoms with Crippen LogP contribution in [0.4, 0.5) is 0 Å². The molecule has 0 unspecified atom stereocenters. The van der Waals surface area contributed by atoms with Crippen molar-refractivity contribution in [2.24, 2.45) is 0 Å². The summed E-state index contributed by atoms with van der Waals surface area (Å²) in [6, 6.07) is 17.3. The van der Waals surface area contributed by atoms with Crippen molar-refractivity contribution in [3.8, 4) is 0 Å². The van der Waals surface area contributed by atoms with E-state index in [1.807, 2.05) is 54.6 Å². The van der Waals surface area contributed by atoms with E-state index in [4.69, 9.17) is 9.94 Å². The van der Waals surface area contributed by atoms with E-state index in [1.54, 1.807) is 0 Å². The first-order valence-electron chi connectivity index (χ1n) is 6.43. The summed E-state index contributed by atoms with van der Waals surface area (Å²) in [6.07, 6.45) is 0.0243. The summed E-state index contributed by atoms with van der Waals surface area (Å²) in [7, 11) is 0. The first-order valence-corrected chi connectivity index (χ1v) is 6.43. The highest BCUT2D eigenvalue weighted by Gasteiger charge is 2.05. The van der Waals surface area contributed by atoms with Crippen LogP contribution in [0, 0.1) is 0 Å².